The van der Waals surface area contributed by atoms with Crippen LogP contribution >= 0.6 is 0 Å². The fraction of sp³-hybridized carbons (Fsp3) is 0.450. The monoisotopic (exact) mass is 467 g/mol. The van der Waals surface area contributed by atoms with Crippen molar-refractivity contribution in [3.63, 3.8) is 0 Å². The third kappa shape index (κ3) is 5.07. The van der Waals surface area contributed by atoms with Crippen LogP contribution < -0.4 is 20.5 Å². The van der Waals surface area contributed by atoms with Crippen molar-refractivity contribution in [1.29, 1.82) is 0 Å². The highest BCUT2D eigenvalue weighted by atomic mass is 32.2. The molecule has 0 amide bonds. The number of methoxy groups -OCH3 is 1. The second-order valence-corrected chi connectivity index (χ2v) is 9.27. The molecule has 0 spiro atoms. The number of benzene rings is 1. The molecule has 12 heteroatoms. The maximum Gasteiger partial charge on any atom is 0.224 e. The fourth-order valence-corrected chi connectivity index (χ4v) is 4.37. The van der Waals surface area contributed by atoms with Crippen LogP contribution in [0.2, 0.25) is 0 Å². The number of anilines is 2. The van der Waals surface area contributed by atoms with Gasteiger partial charge in [-0.05, 0) is 31.9 Å². The molecule has 0 radical (unpaired) electrons. The first-order chi connectivity index (χ1) is 15.2. The van der Waals surface area contributed by atoms with Gasteiger partial charge in [-0.15, -0.1) is 0 Å². The highest BCUT2D eigenvalue weighted by molar-refractivity contribution is 7.88. The van der Waals surface area contributed by atoms with E-state index in [9.17, 15) is 17.6 Å². The van der Waals surface area contributed by atoms with Crippen molar-refractivity contribution in [2.45, 2.75) is 25.8 Å². The van der Waals surface area contributed by atoms with E-state index in [0.29, 0.717) is 25.9 Å². The van der Waals surface area contributed by atoms with Crippen LogP contribution in [-0.4, -0.2) is 67.6 Å². The Morgan fingerprint density at radius 1 is 1.34 bits per heavy atom. The van der Waals surface area contributed by atoms with Crippen LogP contribution in [0.15, 0.2) is 18.3 Å². The summed E-state index contributed by atoms with van der Waals surface area (Å²) in [6.45, 7) is 2.60. The highest BCUT2D eigenvalue weighted by Crippen LogP contribution is 2.34. The van der Waals surface area contributed by atoms with E-state index in [2.05, 4.69) is 15.3 Å². The Bertz CT molecular complexity index is 1100. The van der Waals surface area contributed by atoms with Crippen LogP contribution in [0.3, 0.4) is 0 Å². The SMILES string of the molecule is CCOc1c(F)ccc(OC)c1C(=O)c1cnc(NC2CCN(S(C)(=O)=O)CC2)nc1N. The normalized spacial score (nSPS) is 15.4. The molecule has 1 aromatic carbocycles. The summed E-state index contributed by atoms with van der Waals surface area (Å²) in [4.78, 5) is 21.5. The van der Waals surface area contributed by atoms with Crippen LogP contribution in [0.5, 0.6) is 11.5 Å². The zero-order valence-electron chi connectivity index (χ0n) is 18.1. The van der Waals surface area contributed by atoms with Crippen LogP contribution in [0.1, 0.15) is 35.7 Å². The van der Waals surface area contributed by atoms with Crippen LogP contribution in [0.25, 0.3) is 0 Å². The first-order valence-electron chi connectivity index (χ1n) is 10.0. The standard InChI is InChI=1S/C20H26FN5O5S/c1-4-31-18-14(21)5-6-15(30-2)16(18)17(27)13-11-23-20(25-19(13)22)24-12-7-9-26(10-8-12)32(3,28)29/h5-6,11-12H,4,7-10H2,1-3H3,(H3,22,23,24,25). The Morgan fingerprint density at radius 2 is 2.03 bits per heavy atom. The first-order valence-corrected chi connectivity index (χ1v) is 11.9. The zero-order valence-corrected chi connectivity index (χ0v) is 18.9. The zero-order chi connectivity index (χ0) is 23.5. The van der Waals surface area contributed by atoms with Crippen LogP contribution in [-0.2, 0) is 10.0 Å². The number of nitrogens with one attached hydrogen (secondary N) is 1. The Labute approximate surface area is 186 Å². The van der Waals surface area contributed by atoms with Crippen molar-refractivity contribution < 1.29 is 27.1 Å². The molecule has 0 bridgehead atoms. The molecule has 3 rings (SSSR count). The smallest absolute Gasteiger partial charge is 0.224 e. The lowest BCUT2D eigenvalue weighted by Crippen LogP contribution is -2.42. The Balaban J connectivity index is 1.81. The van der Waals surface area contributed by atoms with Gasteiger partial charge in [-0.1, -0.05) is 0 Å². The Morgan fingerprint density at radius 3 is 2.59 bits per heavy atom. The number of nitrogen functional groups attached to an aromatic ring is 1. The molecule has 1 aliphatic heterocycles. The molecule has 2 aromatic rings. The fourth-order valence-electron chi connectivity index (χ4n) is 3.50. The number of ketones is 1. The summed E-state index contributed by atoms with van der Waals surface area (Å²) < 4.78 is 49.6. The van der Waals surface area contributed by atoms with E-state index >= 15 is 0 Å². The number of hydrogen-bond acceptors (Lipinski definition) is 9. The molecule has 0 unspecified atom stereocenters. The van der Waals surface area contributed by atoms with E-state index in [-0.39, 0.29) is 47.0 Å². The van der Waals surface area contributed by atoms with Crippen molar-refractivity contribution in [3.8, 4) is 11.5 Å². The van der Waals surface area contributed by atoms with Gasteiger partial charge in [0, 0.05) is 25.3 Å². The third-order valence-corrected chi connectivity index (χ3v) is 6.43. The number of sulfonamides is 1. The van der Waals surface area contributed by atoms with Gasteiger partial charge in [0.15, 0.2) is 11.6 Å². The second-order valence-electron chi connectivity index (χ2n) is 7.29. The van der Waals surface area contributed by atoms with Crippen molar-refractivity contribution in [2.75, 3.05) is 44.1 Å². The molecular weight excluding hydrogens is 441 g/mol. The van der Waals surface area contributed by atoms with Gasteiger partial charge in [0.25, 0.3) is 0 Å². The molecule has 1 aromatic heterocycles. The maximum atomic E-state index is 14.3. The molecule has 0 aliphatic carbocycles. The minimum atomic E-state index is -3.22. The van der Waals surface area contributed by atoms with Gasteiger partial charge in [-0.25, -0.2) is 22.1 Å². The average Bonchev–Trinajstić information content (AvgIpc) is 2.74. The average molecular weight is 468 g/mol. The number of rotatable bonds is 8. The molecule has 32 heavy (non-hydrogen) atoms. The Hall–Kier alpha value is -2.99. The van der Waals surface area contributed by atoms with E-state index in [4.69, 9.17) is 15.2 Å². The number of nitrogens with two attached hydrogens (primary N) is 1. The summed E-state index contributed by atoms with van der Waals surface area (Å²) in [5.41, 5.74) is 5.90. The first kappa shape index (κ1) is 23.7. The van der Waals surface area contributed by atoms with Crippen molar-refractivity contribution >= 4 is 27.6 Å². The lowest BCUT2D eigenvalue weighted by Gasteiger charge is -2.30. The summed E-state index contributed by atoms with van der Waals surface area (Å²) in [5, 5.41) is 3.12. The minimum absolute atomic E-state index is 0.0210. The molecule has 1 fully saturated rings. The maximum absolute atomic E-state index is 14.3. The molecule has 0 saturated carbocycles. The van der Waals surface area contributed by atoms with Gasteiger partial charge in [-0.3, -0.25) is 4.79 Å². The van der Waals surface area contributed by atoms with Gasteiger partial charge in [0.1, 0.15) is 17.1 Å². The van der Waals surface area contributed by atoms with E-state index in [0.717, 1.165) is 6.07 Å². The highest BCUT2D eigenvalue weighted by Gasteiger charge is 2.27. The number of piperidine rings is 1. The predicted octanol–water partition coefficient (Wildman–Crippen LogP) is 1.67. The number of ether oxygens (including phenoxy) is 2. The number of hydrogen-bond donors (Lipinski definition) is 2. The van der Waals surface area contributed by atoms with E-state index in [1.54, 1.807) is 6.92 Å². The van der Waals surface area contributed by atoms with Crippen molar-refractivity contribution in [3.05, 3.63) is 35.3 Å². The van der Waals surface area contributed by atoms with E-state index in [1.165, 1.54) is 29.9 Å². The number of aromatic nitrogens is 2. The topological polar surface area (TPSA) is 137 Å². The summed E-state index contributed by atoms with van der Waals surface area (Å²) in [7, 11) is -1.85. The minimum Gasteiger partial charge on any atom is -0.496 e. The molecule has 3 N–H and O–H groups in total. The summed E-state index contributed by atoms with van der Waals surface area (Å²) in [5.74, 6) is -1.29. The quantitative estimate of drug-likeness (QED) is 0.555. The van der Waals surface area contributed by atoms with Gasteiger partial charge in [0.2, 0.25) is 21.8 Å². The Kier molecular flexibility index (Phi) is 7.14. The summed E-state index contributed by atoms with van der Waals surface area (Å²) in [6.07, 6.45) is 3.61. The largest absolute Gasteiger partial charge is 0.496 e. The molecule has 174 valence electrons. The number of nitrogens with zero attached hydrogens (tertiary/aromatic N) is 3. The predicted molar refractivity (Wildman–Crippen MR) is 117 cm³/mol. The van der Waals surface area contributed by atoms with E-state index < -0.39 is 21.6 Å². The number of carbonyl (C=O) groups excluding carboxylic acids is 1. The third-order valence-electron chi connectivity index (χ3n) is 5.13. The van der Waals surface area contributed by atoms with Crippen LogP contribution in [0.4, 0.5) is 16.2 Å². The lowest BCUT2D eigenvalue weighted by molar-refractivity contribution is 0.103. The van der Waals surface area contributed by atoms with Gasteiger partial charge in [0.05, 0.1) is 25.5 Å². The van der Waals surface area contributed by atoms with Gasteiger partial charge < -0.3 is 20.5 Å². The second kappa shape index (κ2) is 9.65. The molecule has 10 nitrogen and oxygen atoms in total. The van der Waals surface area contributed by atoms with Crippen molar-refractivity contribution in [1.82, 2.24) is 14.3 Å². The lowest BCUT2D eigenvalue weighted by atomic mass is 10.0. The van der Waals surface area contributed by atoms with Crippen molar-refractivity contribution in [2.24, 2.45) is 0 Å². The molecule has 2 heterocycles. The molecule has 1 aliphatic rings. The molecule has 1 saturated heterocycles. The van der Waals surface area contributed by atoms with Gasteiger partial charge >= 0.3 is 0 Å². The van der Waals surface area contributed by atoms with Gasteiger partial charge in [-0.2, -0.15) is 4.98 Å². The summed E-state index contributed by atoms with van der Waals surface area (Å²) in [6, 6.07) is 2.45. The van der Waals surface area contributed by atoms with E-state index in [1.807, 2.05) is 0 Å². The molecule has 0 atom stereocenters. The number of carbonyl (C=O) groups is 1. The summed E-state index contributed by atoms with van der Waals surface area (Å²) >= 11 is 0. The number of halogens is 1. The van der Waals surface area contributed by atoms with Crippen LogP contribution in [0, 0.1) is 5.82 Å². The molecular formula is C20H26FN5O5S.